The van der Waals surface area contributed by atoms with Crippen molar-refractivity contribution in [1.29, 1.82) is 0 Å². The quantitative estimate of drug-likeness (QED) is 0.553. The summed E-state index contributed by atoms with van der Waals surface area (Å²) in [6, 6.07) is 6.49. The molecule has 1 aromatic rings. The molecule has 0 saturated heterocycles. The van der Waals surface area contributed by atoms with Crippen LogP contribution in [0.5, 0.6) is 0 Å². The zero-order valence-electron chi connectivity index (χ0n) is 9.21. The molecule has 18 heavy (non-hydrogen) atoms. The number of Topliss-reactive ketones (excluding diaryl/α,β-unsaturated/α-hetero) is 1. The number of carbonyl (C=O) groups is 1. The van der Waals surface area contributed by atoms with Gasteiger partial charge < -0.3 is 5.11 Å². The van der Waals surface area contributed by atoms with Crippen LogP contribution >= 0.6 is 0 Å². The molecule has 1 aliphatic rings. The topological polar surface area (TPSA) is 37.3 Å². The molecule has 0 atom stereocenters. The Bertz CT molecular complexity index is 506. The van der Waals surface area contributed by atoms with Gasteiger partial charge in [-0.2, -0.15) is 13.2 Å². The van der Waals surface area contributed by atoms with E-state index < -0.39 is 23.3 Å². The van der Waals surface area contributed by atoms with E-state index in [0.717, 1.165) is 5.56 Å². The number of aliphatic hydroxyl groups excluding tert-OH is 1. The number of ketones is 1. The van der Waals surface area contributed by atoms with Gasteiger partial charge in [0, 0.05) is 52.9 Å². The van der Waals surface area contributed by atoms with Crippen LogP contribution in [-0.2, 0) is 6.42 Å². The Morgan fingerprint density at radius 2 is 1.78 bits per heavy atom. The summed E-state index contributed by atoms with van der Waals surface area (Å²) >= 11 is 0. The molecule has 0 unspecified atom stereocenters. The molecule has 0 heterocycles. The van der Waals surface area contributed by atoms with Gasteiger partial charge in [-0.3, -0.25) is 4.79 Å². The zero-order valence-corrected chi connectivity index (χ0v) is 12.4. The maximum Gasteiger partial charge on any atom is 0.449 e. The molecular weight excluding hydrogens is 373 g/mol. The number of halogens is 3. The second kappa shape index (κ2) is 5.71. The summed E-state index contributed by atoms with van der Waals surface area (Å²) in [6.45, 7) is 0. The van der Waals surface area contributed by atoms with Crippen molar-refractivity contribution in [2.45, 2.75) is 19.0 Å². The van der Waals surface area contributed by atoms with E-state index >= 15 is 0 Å². The van der Waals surface area contributed by atoms with Crippen LogP contribution in [0.15, 0.2) is 35.6 Å². The first-order valence-corrected chi connectivity index (χ1v) is 5.03. The van der Waals surface area contributed by atoms with Crippen LogP contribution in [0.4, 0.5) is 13.2 Å². The van der Waals surface area contributed by atoms with Crippen molar-refractivity contribution in [2.24, 2.45) is 0 Å². The Kier molecular flexibility index (Phi) is 4.96. The van der Waals surface area contributed by atoms with Crippen molar-refractivity contribution < 1.29 is 64.8 Å². The van der Waals surface area contributed by atoms with Crippen molar-refractivity contribution in [3.05, 3.63) is 46.7 Å². The number of alkyl halides is 3. The molecule has 0 amide bonds. The first-order valence-electron chi connectivity index (χ1n) is 5.03. The van der Waals surface area contributed by atoms with Gasteiger partial charge in [0.15, 0.2) is 5.78 Å². The zero-order chi connectivity index (χ0) is 12.6. The van der Waals surface area contributed by atoms with E-state index in [4.69, 9.17) is 5.11 Å². The van der Waals surface area contributed by atoms with Gasteiger partial charge in [0.05, 0.1) is 0 Å². The maximum atomic E-state index is 12.3. The fraction of sp³-hybridized carbons (Fsp3) is 0.250. The molecule has 0 aliphatic heterocycles. The molecule has 94 valence electrons. The average molecular weight is 382 g/mol. The Balaban J connectivity index is 0.00000162. The van der Waals surface area contributed by atoms with Gasteiger partial charge in [-0.1, -0.05) is 24.3 Å². The van der Waals surface area contributed by atoms with Crippen molar-refractivity contribution in [3.8, 4) is 0 Å². The van der Waals surface area contributed by atoms with Crippen molar-refractivity contribution >= 4 is 5.78 Å². The van der Waals surface area contributed by atoms with Crippen LogP contribution in [0.2, 0.25) is 0 Å². The van der Waals surface area contributed by atoms with Gasteiger partial charge in [-0.15, -0.1) is 0 Å². The number of carbonyl (C=O) groups excluding carboxylic acids is 1. The van der Waals surface area contributed by atoms with Crippen molar-refractivity contribution in [2.75, 3.05) is 0 Å². The number of benzene rings is 1. The number of fused-ring (bicyclic) bond motifs is 1. The summed E-state index contributed by atoms with van der Waals surface area (Å²) < 4.78 is 37.0. The first kappa shape index (κ1) is 15.7. The van der Waals surface area contributed by atoms with E-state index in [2.05, 4.69) is 0 Å². The van der Waals surface area contributed by atoms with E-state index in [1.54, 1.807) is 18.2 Å². The van der Waals surface area contributed by atoms with E-state index in [-0.39, 0.29) is 53.7 Å². The Labute approximate surface area is 135 Å². The number of hydrogen-bond acceptors (Lipinski definition) is 2. The summed E-state index contributed by atoms with van der Waals surface area (Å²) in [5, 5.41) is 9.04. The van der Waals surface area contributed by atoms with Crippen molar-refractivity contribution in [3.63, 3.8) is 0 Å². The molecule has 1 aromatic carbocycles. The Hall–Kier alpha value is -0.403. The maximum absolute atomic E-state index is 12.3. The molecule has 0 saturated carbocycles. The van der Waals surface area contributed by atoms with E-state index in [9.17, 15) is 18.0 Å². The predicted octanol–water partition coefficient (Wildman–Crippen LogP) is 3.19. The standard InChI is InChI=1S/C12H9F3O2.Ce/c13-12(14,15)11(17)9-6-5-7-3-1-2-4-8(7)10(9)16;/h1-4,17H,5-6H2;/b11-9-;. The average Bonchev–Trinajstić information content (AvgIpc) is 2.28. The fourth-order valence-electron chi connectivity index (χ4n) is 1.89. The summed E-state index contributed by atoms with van der Waals surface area (Å²) in [5.74, 6) is -2.50. The van der Waals surface area contributed by atoms with Gasteiger partial charge >= 0.3 is 6.18 Å². The van der Waals surface area contributed by atoms with Gasteiger partial charge in [0.25, 0.3) is 0 Å². The summed E-state index contributed by atoms with van der Waals surface area (Å²) in [5.41, 5.74) is 0.414. The monoisotopic (exact) mass is 382 g/mol. The number of aryl methyl sites for hydroxylation is 1. The second-order valence-electron chi connectivity index (χ2n) is 3.81. The van der Waals surface area contributed by atoms with E-state index in [1.807, 2.05) is 0 Å². The van der Waals surface area contributed by atoms with Gasteiger partial charge in [0.2, 0.25) is 5.76 Å². The van der Waals surface area contributed by atoms with E-state index in [0.29, 0.717) is 6.42 Å². The van der Waals surface area contributed by atoms with Gasteiger partial charge in [-0.25, -0.2) is 0 Å². The minimum absolute atomic E-state index is 0. The van der Waals surface area contributed by atoms with Crippen molar-refractivity contribution in [1.82, 2.24) is 0 Å². The van der Waals surface area contributed by atoms with Crippen LogP contribution in [-0.4, -0.2) is 17.1 Å². The third-order valence-electron chi connectivity index (χ3n) is 2.73. The fourth-order valence-corrected chi connectivity index (χ4v) is 1.89. The van der Waals surface area contributed by atoms with Gasteiger partial charge in [0.1, 0.15) is 0 Å². The summed E-state index contributed by atoms with van der Waals surface area (Å²) in [6.07, 6.45) is -4.62. The number of allylic oxidation sites excluding steroid dienone is 2. The van der Waals surface area contributed by atoms with Crippen LogP contribution in [0.1, 0.15) is 22.3 Å². The molecule has 1 N–H and O–H groups in total. The molecule has 0 aromatic heterocycles. The molecule has 0 bridgehead atoms. The van der Waals surface area contributed by atoms with Crippen LogP contribution in [0, 0.1) is 41.7 Å². The molecule has 0 spiro atoms. The predicted molar refractivity (Wildman–Crippen MR) is 54.8 cm³/mol. The number of hydrogen-bond donors (Lipinski definition) is 1. The number of aliphatic hydroxyl groups is 1. The molecular formula is C12H9CeF3O2. The van der Waals surface area contributed by atoms with Crippen LogP contribution < -0.4 is 0 Å². The van der Waals surface area contributed by atoms with E-state index in [1.165, 1.54) is 6.07 Å². The van der Waals surface area contributed by atoms with Crippen LogP contribution in [0.3, 0.4) is 0 Å². The second-order valence-corrected chi connectivity index (χ2v) is 3.81. The van der Waals surface area contributed by atoms with Gasteiger partial charge in [-0.05, 0) is 18.4 Å². The Morgan fingerprint density at radius 3 is 2.39 bits per heavy atom. The Morgan fingerprint density at radius 1 is 1.17 bits per heavy atom. The van der Waals surface area contributed by atoms with Crippen LogP contribution in [0.25, 0.3) is 0 Å². The first-order chi connectivity index (χ1) is 7.91. The summed E-state index contributed by atoms with van der Waals surface area (Å²) in [4.78, 5) is 11.8. The molecule has 2 nitrogen and oxygen atoms in total. The minimum Gasteiger partial charge on any atom is -0.504 e. The third kappa shape index (κ3) is 2.94. The minimum atomic E-state index is -4.86. The SMILES string of the molecule is O=C1/C(=C(\O)C(F)(F)F)CCc2ccccc21.[Ce]. The smallest absolute Gasteiger partial charge is 0.449 e. The largest absolute Gasteiger partial charge is 0.504 e. The summed E-state index contributed by atoms with van der Waals surface area (Å²) in [7, 11) is 0. The third-order valence-corrected chi connectivity index (χ3v) is 2.73. The number of rotatable bonds is 0. The molecule has 2 rings (SSSR count). The molecule has 0 radical (unpaired) electrons. The molecule has 6 heteroatoms. The normalized spacial score (nSPS) is 17.8. The molecule has 0 fully saturated rings. The molecule has 1 aliphatic carbocycles.